The normalized spacial score (nSPS) is 17.8. The van der Waals surface area contributed by atoms with E-state index in [1.807, 2.05) is 12.1 Å². The van der Waals surface area contributed by atoms with Crippen LogP contribution in [0.3, 0.4) is 0 Å². The molecule has 0 spiro atoms. The van der Waals surface area contributed by atoms with Crippen LogP contribution in [0.5, 0.6) is 0 Å². The maximum absolute atomic E-state index is 12.9. The number of nitrogens with zero attached hydrogens (tertiary/aromatic N) is 5. The van der Waals surface area contributed by atoms with Gasteiger partial charge in [-0.1, -0.05) is 13.8 Å². The molecular weight excluding hydrogens is 376 g/mol. The number of pyridine rings is 2. The van der Waals surface area contributed by atoms with E-state index in [1.54, 1.807) is 31.0 Å². The first kappa shape index (κ1) is 20.3. The zero-order valence-corrected chi connectivity index (χ0v) is 17.6. The molecule has 1 aliphatic rings. The van der Waals surface area contributed by atoms with Crippen LogP contribution >= 0.6 is 0 Å². The van der Waals surface area contributed by atoms with Crippen LogP contribution in [0.4, 0.5) is 5.82 Å². The Morgan fingerprint density at radius 3 is 2.80 bits per heavy atom. The van der Waals surface area contributed by atoms with Crippen LogP contribution in [0.15, 0.2) is 43.1 Å². The number of likely N-dealkylation sites (tertiary alicyclic amines) is 1. The summed E-state index contributed by atoms with van der Waals surface area (Å²) in [5, 5.41) is 3.93. The molecule has 0 bridgehead atoms. The van der Waals surface area contributed by atoms with Gasteiger partial charge in [-0.3, -0.25) is 19.7 Å². The summed E-state index contributed by atoms with van der Waals surface area (Å²) in [4.78, 5) is 32.6. The third kappa shape index (κ3) is 4.97. The molecule has 3 aromatic heterocycles. The van der Waals surface area contributed by atoms with Crippen LogP contribution in [-0.2, 0) is 4.79 Å². The molecule has 1 amide bonds. The van der Waals surface area contributed by atoms with Gasteiger partial charge in [-0.05, 0) is 50.4 Å². The van der Waals surface area contributed by atoms with Crippen molar-refractivity contribution in [3.8, 4) is 11.3 Å². The molecule has 1 fully saturated rings. The third-order valence-corrected chi connectivity index (χ3v) is 5.49. The summed E-state index contributed by atoms with van der Waals surface area (Å²) in [6, 6.07) is 3.88. The molecule has 7 heteroatoms. The summed E-state index contributed by atoms with van der Waals surface area (Å²) in [6.45, 7) is 7.64. The number of aromatic nitrogens is 4. The lowest BCUT2D eigenvalue weighted by Crippen LogP contribution is -2.29. The quantitative estimate of drug-likeness (QED) is 0.697. The number of amides is 1. The predicted molar refractivity (Wildman–Crippen MR) is 118 cm³/mol. The molecule has 1 unspecified atom stereocenters. The molecule has 0 aromatic carbocycles. The van der Waals surface area contributed by atoms with Gasteiger partial charge in [0.15, 0.2) is 0 Å². The van der Waals surface area contributed by atoms with Crippen molar-refractivity contribution in [2.45, 2.75) is 33.1 Å². The van der Waals surface area contributed by atoms with Gasteiger partial charge >= 0.3 is 0 Å². The SMILES string of the molecule is CC(C)CN1CCCC(C(=O)Nc2cc3cc(-c4cnccn4)cnc3cn2)CC1. The topological polar surface area (TPSA) is 83.9 Å². The zero-order valence-electron chi connectivity index (χ0n) is 17.6. The second-order valence-electron chi connectivity index (χ2n) is 8.39. The van der Waals surface area contributed by atoms with E-state index in [9.17, 15) is 4.79 Å². The fraction of sp³-hybridized carbons (Fsp3) is 0.435. The summed E-state index contributed by atoms with van der Waals surface area (Å²) >= 11 is 0. The van der Waals surface area contributed by atoms with Crippen LogP contribution in [0.25, 0.3) is 22.2 Å². The summed E-state index contributed by atoms with van der Waals surface area (Å²) in [5.41, 5.74) is 2.42. The Kier molecular flexibility index (Phi) is 6.28. The Morgan fingerprint density at radius 2 is 2.00 bits per heavy atom. The zero-order chi connectivity index (χ0) is 20.9. The smallest absolute Gasteiger partial charge is 0.228 e. The molecule has 4 rings (SSSR count). The molecule has 7 nitrogen and oxygen atoms in total. The molecule has 0 aliphatic carbocycles. The Labute approximate surface area is 177 Å². The molecule has 1 saturated heterocycles. The molecule has 1 N–H and O–H groups in total. The molecule has 156 valence electrons. The highest BCUT2D eigenvalue weighted by atomic mass is 16.1. The molecule has 1 aliphatic heterocycles. The molecule has 30 heavy (non-hydrogen) atoms. The average molecular weight is 405 g/mol. The van der Waals surface area contributed by atoms with E-state index >= 15 is 0 Å². The summed E-state index contributed by atoms with van der Waals surface area (Å²) < 4.78 is 0. The van der Waals surface area contributed by atoms with Gasteiger partial charge in [0.1, 0.15) is 5.82 Å². The molecule has 3 aromatic rings. The minimum Gasteiger partial charge on any atom is -0.310 e. The number of fused-ring (bicyclic) bond motifs is 1. The van der Waals surface area contributed by atoms with E-state index in [1.165, 1.54) is 0 Å². The van der Waals surface area contributed by atoms with Crippen molar-refractivity contribution < 1.29 is 4.79 Å². The van der Waals surface area contributed by atoms with Gasteiger partial charge in [0.05, 0.1) is 23.6 Å². The Bertz CT molecular complexity index is 1010. The van der Waals surface area contributed by atoms with Crippen molar-refractivity contribution in [1.82, 2.24) is 24.8 Å². The summed E-state index contributed by atoms with van der Waals surface area (Å²) in [6.07, 6.45) is 11.3. The van der Waals surface area contributed by atoms with Gasteiger partial charge in [-0.15, -0.1) is 0 Å². The highest BCUT2D eigenvalue weighted by molar-refractivity contribution is 5.94. The standard InChI is InChI=1S/C23H28N6O/c1-16(2)15-29-8-3-4-17(5-9-29)23(30)28-22-11-18-10-19(12-26-21(18)14-27-22)20-13-24-6-7-25-20/h6-7,10-14,16-17H,3-5,8-9,15H2,1-2H3,(H,27,28,30). The maximum atomic E-state index is 12.9. The maximum Gasteiger partial charge on any atom is 0.228 e. The fourth-order valence-corrected chi connectivity index (χ4v) is 4.03. The van der Waals surface area contributed by atoms with Crippen molar-refractivity contribution in [3.63, 3.8) is 0 Å². The first-order valence-corrected chi connectivity index (χ1v) is 10.6. The van der Waals surface area contributed by atoms with Crippen molar-refractivity contribution in [2.75, 3.05) is 25.0 Å². The van der Waals surface area contributed by atoms with Crippen molar-refractivity contribution in [3.05, 3.63) is 43.1 Å². The monoisotopic (exact) mass is 404 g/mol. The average Bonchev–Trinajstić information content (AvgIpc) is 2.99. The highest BCUT2D eigenvalue weighted by Gasteiger charge is 2.23. The number of nitrogens with one attached hydrogen (secondary N) is 1. The Hall–Kier alpha value is -2.93. The van der Waals surface area contributed by atoms with E-state index in [0.29, 0.717) is 11.7 Å². The first-order chi connectivity index (χ1) is 14.6. The van der Waals surface area contributed by atoms with E-state index in [0.717, 1.165) is 61.1 Å². The van der Waals surface area contributed by atoms with Crippen molar-refractivity contribution in [2.24, 2.45) is 11.8 Å². The van der Waals surface area contributed by atoms with E-state index in [4.69, 9.17) is 0 Å². The van der Waals surface area contributed by atoms with Crippen LogP contribution in [0.1, 0.15) is 33.1 Å². The van der Waals surface area contributed by atoms with E-state index in [2.05, 4.69) is 44.0 Å². The largest absolute Gasteiger partial charge is 0.310 e. The van der Waals surface area contributed by atoms with Crippen molar-refractivity contribution >= 4 is 22.6 Å². The van der Waals surface area contributed by atoms with Gasteiger partial charge in [-0.2, -0.15) is 0 Å². The second kappa shape index (κ2) is 9.26. The number of carbonyl (C=O) groups is 1. The number of hydrogen-bond acceptors (Lipinski definition) is 6. The molecule has 4 heterocycles. The lowest BCUT2D eigenvalue weighted by Gasteiger charge is -2.22. The minimum atomic E-state index is 0.0312. The van der Waals surface area contributed by atoms with Crippen LogP contribution < -0.4 is 5.32 Å². The summed E-state index contributed by atoms with van der Waals surface area (Å²) in [5.74, 6) is 1.31. The number of carbonyl (C=O) groups excluding carboxylic acids is 1. The van der Waals surface area contributed by atoms with E-state index in [-0.39, 0.29) is 11.8 Å². The molecule has 0 saturated carbocycles. The summed E-state index contributed by atoms with van der Waals surface area (Å²) in [7, 11) is 0. The number of anilines is 1. The lowest BCUT2D eigenvalue weighted by atomic mass is 10.00. The predicted octanol–water partition coefficient (Wildman–Crippen LogP) is 3.78. The van der Waals surface area contributed by atoms with E-state index < -0.39 is 0 Å². The van der Waals surface area contributed by atoms with Crippen LogP contribution in [0, 0.1) is 11.8 Å². The van der Waals surface area contributed by atoms with Gasteiger partial charge in [0.25, 0.3) is 0 Å². The Morgan fingerprint density at radius 1 is 1.10 bits per heavy atom. The van der Waals surface area contributed by atoms with Gasteiger partial charge in [-0.25, -0.2) is 4.98 Å². The number of rotatable bonds is 5. The Balaban J connectivity index is 1.46. The lowest BCUT2D eigenvalue weighted by molar-refractivity contribution is -0.120. The van der Waals surface area contributed by atoms with Crippen LogP contribution in [0.2, 0.25) is 0 Å². The minimum absolute atomic E-state index is 0.0312. The van der Waals surface area contributed by atoms with Gasteiger partial charge < -0.3 is 10.2 Å². The van der Waals surface area contributed by atoms with Gasteiger partial charge in [0.2, 0.25) is 5.91 Å². The van der Waals surface area contributed by atoms with Crippen molar-refractivity contribution in [1.29, 1.82) is 0 Å². The third-order valence-electron chi connectivity index (χ3n) is 5.49. The number of hydrogen-bond donors (Lipinski definition) is 1. The molecule has 0 radical (unpaired) electrons. The first-order valence-electron chi connectivity index (χ1n) is 10.6. The van der Waals surface area contributed by atoms with Gasteiger partial charge in [0, 0.05) is 42.0 Å². The fourth-order valence-electron chi connectivity index (χ4n) is 4.03. The molecular formula is C23H28N6O. The highest BCUT2D eigenvalue weighted by Crippen LogP contribution is 2.23. The molecule has 1 atom stereocenters. The van der Waals surface area contributed by atoms with Crippen LogP contribution in [-0.4, -0.2) is 50.4 Å². The second-order valence-corrected chi connectivity index (χ2v) is 8.39.